The monoisotopic (exact) mass is 385 g/mol. The zero-order chi connectivity index (χ0) is 19.5. The summed E-state index contributed by atoms with van der Waals surface area (Å²) in [5, 5.41) is 9.52. The highest BCUT2D eigenvalue weighted by atomic mass is 19.1. The van der Waals surface area contributed by atoms with Crippen LogP contribution in [0.1, 0.15) is 12.0 Å². The van der Waals surface area contributed by atoms with Crippen molar-refractivity contribution in [2.24, 2.45) is 0 Å². The van der Waals surface area contributed by atoms with E-state index in [0.29, 0.717) is 36.8 Å². The van der Waals surface area contributed by atoms with E-state index >= 15 is 0 Å². The van der Waals surface area contributed by atoms with Gasteiger partial charge in [-0.3, -0.25) is 4.90 Å². The molecule has 0 unspecified atom stereocenters. The van der Waals surface area contributed by atoms with E-state index in [4.69, 9.17) is 9.15 Å². The Bertz CT molecular complexity index is 913. The molecule has 0 saturated carbocycles. The maximum absolute atomic E-state index is 14.4. The van der Waals surface area contributed by atoms with Gasteiger partial charge in [-0.15, -0.1) is 0 Å². The van der Waals surface area contributed by atoms with Gasteiger partial charge in [0.05, 0.1) is 7.11 Å². The van der Waals surface area contributed by atoms with E-state index in [1.807, 2.05) is 24.3 Å². The minimum atomic E-state index is -0.275. The number of benzene rings is 2. The maximum Gasteiger partial charge on any atom is 0.298 e. The lowest BCUT2D eigenvalue weighted by Crippen LogP contribution is -2.53. The quantitative estimate of drug-likeness (QED) is 0.704. The number of anilines is 1. The van der Waals surface area contributed by atoms with Gasteiger partial charge < -0.3 is 19.2 Å². The molecule has 6 nitrogen and oxygen atoms in total. The molecule has 2 aromatic carbocycles. The van der Waals surface area contributed by atoms with Crippen LogP contribution in [-0.2, 0) is 6.54 Å². The van der Waals surface area contributed by atoms with Crippen molar-refractivity contribution in [2.75, 3.05) is 38.3 Å². The minimum Gasteiger partial charge on any atom is -0.497 e. The molecule has 0 aliphatic carbocycles. The van der Waals surface area contributed by atoms with E-state index in [9.17, 15) is 9.50 Å². The number of rotatable bonds is 6. The van der Waals surface area contributed by atoms with Crippen molar-refractivity contribution in [2.45, 2.75) is 19.0 Å². The molecule has 0 spiro atoms. The summed E-state index contributed by atoms with van der Waals surface area (Å²) in [7, 11) is 1.52. The molecule has 0 radical (unpaired) electrons. The van der Waals surface area contributed by atoms with Gasteiger partial charge in [0.15, 0.2) is 5.58 Å². The number of aliphatic hydroxyl groups excluding tert-OH is 1. The fraction of sp³-hybridized carbons (Fsp3) is 0.381. The predicted octanol–water partition coefficient (Wildman–Crippen LogP) is 3.05. The Morgan fingerprint density at radius 1 is 1.25 bits per heavy atom. The third-order valence-electron chi connectivity index (χ3n) is 5.25. The zero-order valence-electron chi connectivity index (χ0n) is 15.8. The number of hydrogen-bond acceptors (Lipinski definition) is 6. The van der Waals surface area contributed by atoms with E-state index in [1.165, 1.54) is 13.2 Å². The first-order valence-corrected chi connectivity index (χ1v) is 9.46. The van der Waals surface area contributed by atoms with Crippen LogP contribution in [0.3, 0.4) is 0 Å². The second kappa shape index (κ2) is 8.16. The first kappa shape index (κ1) is 18.7. The third kappa shape index (κ3) is 3.81. The summed E-state index contributed by atoms with van der Waals surface area (Å²) >= 11 is 0. The second-order valence-electron chi connectivity index (χ2n) is 7.00. The number of ether oxygens (including phenoxy) is 1. The number of aliphatic hydroxyl groups is 1. The predicted molar refractivity (Wildman–Crippen MR) is 105 cm³/mol. The minimum absolute atomic E-state index is 0.0770. The Hall–Kier alpha value is -2.64. The van der Waals surface area contributed by atoms with Crippen LogP contribution in [0.5, 0.6) is 5.75 Å². The molecular formula is C21H24FN3O3. The van der Waals surface area contributed by atoms with Gasteiger partial charge in [0.25, 0.3) is 6.01 Å². The van der Waals surface area contributed by atoms with Crippen molar-refractivity contribution in [1.82, 2.24) is 9.88 Å². The molecule has 1 saturated heterocycles. The number of methoxy groups -OCH3 is 1. The maximum atomic E-state index is 14.4. The summed E-state index contributed by atoms with van der Waals surface area (Å²) in [6.45, 7) is 2.70. The van der Waals surface area contributed by atoms with Crippen molar-refractivity contribution < 1.29 is 18.7 Å². The van der Waals surface area contributed by atoms with Gasteiger partial charge in [-0.1, -0.05) is 18.2 Å². The molecule has 1 aliphatic rings. The number of oxazole rings is 1. The Balaban J connectivity index is 1.50. The largest absolute Gasteiger partial charge is 0.497 e. The van der Waals surface area contributed by atoms with E-state index in [1.54, 1.807) is 12.1 Å². The average Bonchev–Trinajstić information content (AvgIpc) is 3.15. The van der Waals surface area contributed by atoms with E-state index in [2.05, 4.69) is 14.8 Å². The summed E-state index contributed by atoms with van der Waals surface area (Å²) in [4.78, 5) is 8.88. The van der Waals surface area contributed by atoms with Crippen molar-refractivity contribution >= 4 is 17.1 Å². The van der Waals surface area contributed by atoms with Crippen molar-refractivity contribution in [1.29, 1.82) is 0 Å². The van der Waals surface area contributed by atoms with Crippen LogP contribution in [0.2, 0.25) is 0 Å². The lowest BCUT2D eigenvalue weighted by atomic mass is 10.1. The first-order valence-electron chi connectivity index (χ1n) is 9.46. The summed E-state index contributed by atoms with van der Waals surface area (Å²) in [6, 6.07) is 13.3. The smallest absolute Gasteiger partial charge is 0.298 e. The summed E-state index contributed by atoms with van der Waals surface area (Å²) in [5.74, 6) is 0.234. The standard InChI is InChI=1S/C21H24FN3O3/c1-27-17-7-6-15(18(22)12-17)13-24-9-10-25(14-16(24)8-11-26)21-23-19-4-2-3-5-20(19)28-21/h2-7,12,16,26H,8-11,13-14H2,1H3/t16-/m1/s1. The zero-order valence-corrected chi connectivity index (χ0v) is 15.8. The number of piperazine rings is 1. The lowest BCUT2D eigenvalue weighted by Gasteiger charge is -2.40. The Morgan fingerprint density at radius 2 is 2.11 bits per heavy atom. The van der Waals surface area contributed by atoms with E-state index in [0.717, 1.165) is 24.2 Å². The van der Waals surface area contributed by atoms with Gasteiger partial charge >= 0.3 is 0 Å². The number of hydrogen-bond donors (Lipinski definition) is 1. The second-order valence-corrected chi connectivity index (χ2v) is 7.00. The molecule has 1 aromatic heterocycles. The highest BCUT2D eigenvalue weighted by molar-refractivity contribution is 5.74. The van der Waals surface area contributed by atoms with Gasteiger partial charge in [0.2, 0.25) is 0 Å². The Morgan fingerprint density at radius 3 is 2.86 bits per heavy atom. The molecule has 1 N–H and O–H groups in total. The van der Waals surface area contributed by atoms with E-state index < -0.39 is 0 Å². The van der Waals surface area contributed by atoms with Crippen LogP contribution in [-0.4, -0.2) is 54.4 Å². The number of fused-ring (bicyclic) bond motifs is 1. The molecule has 1 fully saturated rings. The lowest BCUT2D eigenvalue weighted by molar-refractivity contribution is 0.132. The fourth-order valence-corrected chi connectivity index (χ4v) is 3.70. The molecule has 3 aromatic rings. The molecule has 7 heteroatoms. The van der Waals surface area contributed by atoms with Crippen molar-refractivity contribution in [3.63, 3.8) is 0 Å². The van der Waals surface area contributed by atoms with Crippen LogP contribution >= 0.6 is 0 Å². The van der Waals surface area contributed by atoms with Crippen molar-refractivity contribution in [3.05, 3.63) is 53.8 Å². The van der Waals surface area contributed by atoms with Crippen molar-refractivity contribution in [3.8, 4) is 5.75 Å². The number of halogens is 1. The topological polar surface area (TPSA) is 62.0 Å². The Kier molecular flexibility index (Phi) is 5.45. The van der Waals surface area contributed by atoms with Gasteiger partial charge in [0.1, 0.15) is 17.1 Å². The van der Waals surface area contributed by atoms with Crippen LogP contribution in [0, 0.1) is 5.82 Å². The Labute approximate surface area is 163 Å². The number of para-hydroxylation sites is 2. The van der Waals surface area contributed by atoms with Gasteiger partial charge in [-0.25, -0.2) is 4.39 Å². The fourth-order valence-electron chi connectivity index (χ4n) is 3.70. The molecule has 28 heavy (non-hydrogen) atoms. The summed E-state index contributed by atoms with van der Waals surface area (Å²) < 4.78 is 25.3. The third-order valence-corrected chi connectivity index (χ3v) is 5.25. The molecule has 1 atom stereocenters. The number of nitrogens with zero attached hydrogens (tertiary/aromatic N) is 3. The summed E-state index contributed by atoms with van der Waals surface area (Å²) in [6.07, 6.45) is 0.606. The average molecular weight is 385 g/mol. The molecule has 0 bridgehead atoms. The van der Waals surface area contributed by atoms with E-state index in [-0.39, 0.29) is 18.5 Å². The highest BCUT2D eigenvalue weighted by Gasteiger charge is 2.29. The van der Waals surface area contributed by atoms with Crippen LogP contribution in [0.15, 0.2) is 46.9 Å². The SMILES string of the molecule is COc1ccc(CN2CCN(c3nc4ccccc4o3)C[C@H]2CCO)c(F)c1. The highest BCUT2D eigenvalue weighted by Crippen LogP contribution is 2.26. The van der Waals surface area contributed by atoms with Gasteiger partial charge in [0, 0.05) is 50.5 Å². The molecule has 0 amide bonds. The normalized spacial score (nSPS) is 18.0. The first-order chi connectivity index (χ1) is 13.7. The van der Waals surface area contributed by atoms with Crippen LogP contribution in [0.4, 0.5) is 10.4 Å². The molecule has 148 valence electrons. The molecule has 1 aliphatic heterocycles. The van der Waals surface area contributed by atoms with Gasteiger partial charge in [-0.05, 0) is 24.6 Å². The van der Waals surface area contributed by atoms with Gasteiger partial charge in [-0.2, -0.15) is 4.98 Å². The molecule has 2 heterocycles. The summed E-state index contributed by atoms with van der Waals surface area (Å²) in [5.41, 5.74) is 2.22. The van der Waals surface area contributed by atoms with Crippen LogP contribution < -0.4 is 9.64 Å². The molecule has 4 rings (SSSR count). The van der Waals surface area contributed by atoms with Crippen LogP contribution in [0.25, 0.3) is 11.1 Å². The molecular weight excluding hydrogens is 361 g/mol. The number of aromatic nitrogens is 1.